The molecule has 3 aromatic rings. The Morgan fingerprint density at radius 2 is 2.04 bits per heavy atom. The number of para-hydroxylation sites is 1. The number of benzene rings is 1. The van der Waals surface area contributed by atoms with Crippen LogP contribution in [0.25, 0.3) is 5.69 Å². The minimum atomic E-state index is -0.183. The summed E-state index contributed by atoms with van der Waals surface area (Å²) in [4.78, 5) is 12.2. The average Bonchev–Trinajstić information content (AvgIpc) is 3.25. The number of tetrazole rings is 1. The number of rotatable bonds is 6. The molecule has 0 fully saturated rings. The molecule has 1 amide bonds. The molecule has 0 saturated heterocycles. The summed E-state index contributed by atoms with van der Waals surface area (Å²) in [6, 6.07) is 9.46. The highest BCUT2D eigenvalue weighted by molar-refractivity contribution is 7.99. The molecule has 0 aliphatic rings. The van der Waals surface area contributed by atoms with Crippen molar-refractivity contribution in [3.8, 4) is 5.69 Å². The van der Waals surface area contributed by atoms with E-state index in [1.807, 2.05) is 45.0 Å². The molecular formula is C17H19N5O2S. The maximum absolute atomic E-state index is 12.2. The lowest BCUT2D eigenvalue weighted by molar-refractivity contribution is -0.119. The number of carbonyl (C=O) groups excluding carboxylic acids is 1. The zero-order valence-electron chi connectivity index (χ0n) is 14.3. The average molecular weight is 357 g/mol. The van der Waals surface area contributed by atoms with Gasteiger partial charge in [-0.1, -0.05) is 30.0 Å². The monoisotopic (exact) mass is 357 g/mol. The third-order valence-electron chi connectivity index (χ3n) is 3.77. The quantitative estimate of drug-likeness (QED) is 0.683. The molecule has 130 valence electrons. The van der Waals surface area contributed by atoms with Crippen LogP contribution in [0.4, 0.5) is 0 Å². The Hall–Kier alpha value is -2.61. The molecule has 0 spiro atoms. The van der Waals surface area contributed by atoms with Gasteiger partial charge in [0.2, 0.25) is 11.1 Å². The number of thioether (sulfide) groups is 1. The van der Waals surface area contributed by atoms with E-state index in [1.165, 1.54) is 11.8 Å². The molecule has 1 unspecified atom stereocenters. The molecule has 7 nitrogen and oxygen atoms in total. The lowest BCUT2D eigenvalue weighted by Gasteiger charge is -2.12. The summed E-state index contributed by atoms with van der Waals surface area (Å²) in [5.41, 5.74) is 3.09. The third kappa shape index (κ3) is 3.90. The minimum Gasteiger partial charge on any atom is -0.467 e. The van der Waals surface area contributed by atoms with Gasteiger partial charge in [0, 0.05) is 0 Å². The minimum absolute atomic E-state index is 0.107. The Morgan fingerprint density at radius 1 is 1.28 bits per heavy atom. The summed E-state index contributed by atoms with van der Waals surface area (Å²) in [7, 11) is 0. The molecule has 1 N–H and O–H groups in total. The topological polar surface area (TPSA) is 85.8 Å². The molecule has 1 atom stereocenters. The van der Waals surface area contributed by atoms with Crippen LogP contribution in [0, 0.1) is 13.8 Å². The number of aryl methyl sites for hydroxylation is 2. The first-order chi connectivity index (χ1) is 12.1. The molecule has 25 heavy (non-hydrogen) atoms. The number of hydrogen-bond donors (Lipinski definition) is 1. The number of hydrogen-bond acceptors (Lipinski definition) is 6. The van der Waals surface area contributed by atoms with E-state index >= 15 is 0 Å². The SMILES string of the molecule is Cc1cccc(C)c1-n1nnnc1SCC(=O)NC(C)c1ccco1. The van der Waals surface area contributed by atoms with Crippen molar-refractivity contribution in [2.24, 2.45) is 0 Å². The second-order valence-electron chi connectivity index (χ2n) is 5.71. The molecule has 0 aliphatic heterocycles. The number of carbonyl (C=O) groups is 1. The normalized spacial score (nSPS) is 12.1. The molecule has 3 rings (SSSR count). The van der Waals surface area contributed by atoms with Gasteiger partial charge in [-0.2, -0.15) is 4.68 Å². The molecule has 0 saturated carbocycles. The van der Waals surface area contributed by atoms with E-state index in [-0.39, 0.29) is 17.7 Å². The van der Waals surface area contributed by atoms with Gasteiger partial charge in [-0.25, -0.2) is 0 Å². The lowest BCUT2D eigenvalue weighted by Crippen LogP contribution is -2.28. The first kappa shape index (κ1) is 17.2. The van der Waals surface area contributed by atoms with Gasteiger partial charge in [0.15, 0.2) is 0 Å². The second kappa shape index (κ2) is 7.52. The van der Waals surface area contributed by atoms with Crippen LogP contribution in [0.2, 0.25) is 0 Å². The maximum atomic E-state index is 12.2. The van der Waals surface area contributed by atoms with Crippen LogP contribution in [0.3, 0.4) is 0 Å². The number of nitrogens with zero attached hydrogens (tertiary/aromatic N) is 4. The van der Waals surface area contributed by atoms with Gasteiger partial charge in [0.1, 0.15) is 5.76 Å². The largest absolute Gasteiger partial charge is 0.467 e. The second-order valence-corrected chi connectivity index (χ2v) is 6.65. The smallest absolute Gasteiger partial charge is 0.231 e. The number of amides is 1. The summed E-state index contributed by atoms with van der Waals surface area (Å²) in [6.07, 6.45) is 1.59. The van der Waals surface area contributed by atoms with Gasteiger partial charge in [0.05, 0.1) is 23.7 Å². The Morgan fingerprint density at radius 3 is 2.72 bits per heavy atom. The summed E-state index contributed by atoms with van der Waals surface area (Å²) >= 11 is 1.30. The molecule has 0 radical (unpaired) electrons. The van der Waals surface area contributed by atoms with Gasteiger partial charge < -0.3 is 9.73 Å². The van der Waals surface area contributed by atoms with E-state index in [0.717, 1.165) is 22.6 Å². The van der Waals surface area contributed by atoms with E-state index in [2.05, 4.69) is 20.8 Å². The van der Waals surface area contributed by atoms with Gasteiger partial charge in [-0.05, 0) is 54.5 Å². The predicted octanol–water partition coefficient (Wildman–Crippen LogP) is 2.84. The van der Waals surface area contributed by atoms with Gasteiger partial charge in [-0.15, -0.1) is 5.10 Å². The van der Waals surface area contributed by atoms with Crippen LogP contribution >= 0.6 is 11.8 Å². The van der Waals surface area contributed by atoms with Crippen LogP contribution in [-0.2, 0) is 4.79 Å². The van der Waals surface area contributed by atoms with Crippen molar-refractivity contribution in [3.05, 3.63) is 53.5 Å². The highest BCUT2D eigenvalue weighted by Crippen LogP contribution is 2.23. The van der Waals surface area contributed by atoms with Crippen molar-refractivity contribution in [2.75, 3.05) is 5.75 Å². The van der Waals surface area contributed by atoms with Crippen LogP contribution in [0.5, 0.6) is 0 Å². The van der Waals surface area contributed by atoms with Crippen molar-refractivity contribution in [1.29, 1.82) is 0 Å². The zero-order chi connectivity index (χ0) is 17.8. The standard InChI is InChI=1S/C17H19N5O2S/c1-11-6-4-7-12(2)16(11)22-17(19-20-21-22)25-10-15(23)18-13(3)14-8-5-9-24-14/h4-9,13H,10H2,1-3H3,(H,18,23). The van der Waals surface area contributed by atoms with Crippen molar-refractivity contribution in [3.63, 3.8) is 0 Å². The van der Waals surface area contributed by atoms with Gasteiger partial charge in [0.25, 0.3) is 0 Å². The Balaban J connectivity index is 1.67. The zero-order valence-corrected chi connectivity index (χ0v) is 15.1. The van der Waals surface area contributed by atoms with E-state index in [9.17, 15) is 4.79 Å². The number of furan rings is 1. The van der Waals surface area contributed by atoms with Crippen LogP contribution < -0.4 is 5.32 Å². The van der Waals surface area contributed by atoms with Gasteiger partial charge in [-0.3, -0.25) is 4.79 Å². The highest BCUT2D eigenvalue weighted by Gasteiger charge is 2.16. The number of aromatic nitrogens is 4. The predicted molar refractivity (Wildman–Crippen MR) is 94.6 cm³/mol. The fourth-order valence-electron chi connectivity index (χ4n) is 2.57. The summed E-state index contributed by atoms with van der Waals surface area (Å²) < 4.78 is 6.97. The Bertz CT molecular complexity index is 840. The summed E-state index contributed by atoms with van der Waals surface area (Å²) in [6.45, 7) is 5.90. The number of nitrogens with one attached hydrogen (secondary N) is 1. The van der Waals surface area contributed by atoms with E-state index in [0.29, 0.717) is 5.16 Å². The molecule has 0 bridgehead atoms. The first-order valence-electron chi connectivity index (χ1n) is 7.87. The van der Waals surface area contributed by atoms with E-state index in [4.69, 9.17) is 4.42 Å². The molecule has 8 heteroatoms. The summed E-state index contributed by atoms with van der Waals surface area (Å²) in [5.74, 6) is 0.833. The molecule has 2 heterocycles. The molecule has 2 aromatic heterocycles. The molecule has 1 aromatic carbocycles. The summed E-state index contributed by atoms with van der Waals surface area (Å²) in [5, 5.41) is 15.4. The van der Waals surface area contributed by atoms with Crippen LogP contribution in [0.15, 0.2) is 46.2 Å². The van der Waals surface area contributed by atoms with Crippen LogP contribution in [0.1, 0.15) is 29.9 Å². The van der Waals surface area contributed by atoms with Crippen molar-refractivity contribution in [2.45, 2.75) is 32.0 Å². The van der Waals surface area contributed by atoms with E-state index in [1.54, 1.807) is 17.0 Å². The fraction of sp³-hybridized carbons (Fsp3) is 0.294. The van der Waals surface area contributed by atoms with E-state index < -0.39 is 0 Å². The fourth-order valence-corrected chi connectivity index (χ4v) is 3.26. The van der Waals surface area contributed by atoms with Crippen LogP contribution in [-0.4, -0.2) is 31.9 Å². The molecular weight excluding hydrogens is 338 g/mol. The lowest BCUT2D eigenvalue weighted by atomic mass is 10.1. The maximum Gasteiger partial charge on any atom is 0.231 e. The Labute approximate surface area is 149 Å². The van der Waals surface area contributed by atoms with Crippen molar-refractivity contribution < 1.29 is 9.21 Å². The van der Waals surface area contributed by atoms with Gasteiger partial charge >= 0.3 is 0 Å². The van der Waals surface area contributed by atoms with Crippen molar-refractivity contribution in [1.82, 2.24) is 25.5 Å². The third-order valence-corrected chi connectivity index (χ3v) is 4.69. The Kier molecular flexibility index (Phi) is 5.18. The first-order valence-corrected chi connectivity index (χ1v) is 8.85. The van der Waals surface area contributed by atoms with Crippen molar-refractivity contribution >= 4 is 17.7 Å². The molecule has 0 aliphatic carbocycles. The highest BCUT2D eigenvalue weighted by atomic mass is 32.2.